The van der Waals surface area contributed by atoms with Crippen molar-refractivity contribution in [2.24, 2.45) is 0 Å². The van der Waals surface area contributed by atoms with Gasteiger partial charge in [0.2, 0.25) is 0 Å². The second kappa shape index (κ2) is 5.50. The summed E-state index contributed by atoms with van der Waals surface area (Å²) in [5.41, 5.74) is 6.22. The summed E-state index contributed by atoms with van der Waals surface area (Å²) in [5, 5.41) is 1.28. The molecule has 0 saturated carbocycles. The van der Waals surface area contributed by atoms with Crippen molar-refractivity contribution in [1.82, 2.24) is 4.98 Å². The van der Waals surface area contributed by atoms with E-state index in [0.717, 1.165) is 26.3 Å². The first-order valence-corrected chi connectivity index (χ1v) is 7.83. The Hall–Kier alpha value is -2.26. The van der Waals surface area contributed by atoms with Gasteiger partial charge in [0.05, 0.1) is 24.4 Å². The largest absolute Gasteiger partial charge is 0.378 e. The quantitative estimate of drug-likeness (QED) is 0.774. The molecule has 0 radical (unpaired) electrons. The van der Waals surface area contributed by atoms with Gasteiger partial charge in [-0.15, -0.1) is 0 Å². The van der Waals surface area contributed by atoms with E-state index in [9.17, 15) is 0 Å². The highest BCUT2D eigenvalue weighted by Gasteiger charge is 2.16. The molecule has 1 saturated heterocycles. The Kier molecular flexibility index (Phi) is 3.35. The number of anilines is 1. The van der Waals surface area contributed by atoms with Crippen molar-refractivity contribution in [3.63, 3.8) is 0 Å². The predicted molar refractivity (Wildman–Crippen MR) is 91.5 cm³/mol. The fourth-order valence-corrected chi connectivity index (χ4v) is 3.20. The minimum atomic E-state index is 0.807. The zero-order chi connectivity index (χ0) is 14.9. The van der Waals surface area contributed by atoms with Crippen LogP contribution in [0.2, 0.25) is 0 Å². The molecule has 4 rings (SSSR count). The maximum Gasteiger partial charge on any atom is 0.0696 e. The fraction of sp³-hybridized carbons (Fsp3) is 0.263. The van der Waals surface area contributed by atoms with Gasteiger partial charge in [-0.2, -0.15) is 0 Å². The molecule has 3 aromatic rings. The van der Waals surface area contributed by atoms with Crippen LogP contribution >= 0.6 is 0 Å². The molecule has 1 aliphatic heterocycles. The van der Waals surface area contributed by atoms with E-state index < -0.39 is 0 Å². The van der Waals surface area contributed by atoms with Crippen LogP contribution < -0.4 is 4.90 Å². The van der Waals surface area contributed by atoms with Gasteiger partial charge in [0, 0.05) is 24.2 Å². The van der Waals surface area contributed by atoms with Crippen LogP contribution in [-0.4, -0.2) is 31.3 Å². The molecule has 22 heavy (non-hydrogen) atoms. The monoisotopic (exact) mass is 292 g/mol. The fourth-order valence-electron chi connectivity index (χ4n) is 3.20. The number of benzene rings is 2. The lowest BCUT2D eigenvalue weighted by molar-refractivity contribution is 0.123. The molecule has 1 N–H and O–H groups in total. The molecule has 0 atom stereocenters. The van der Waals surface area contributed by atoms with E-state index in [1.807, 2.05) is 0 Å². The SMILES string of the molecule is Cc1cc(N2CCOCC2)c2[nH]c(-c3ccccc3)cc2c1. The number of aromatic amines is 1. The Bertz CT molecular complexity index is 786. The number of aromatic nitrogens is 1. The summed E-state index contributed by atoms with van der Waals surface area (Å²) < 4.78 is 5.49. The van der Waals surface area contributed by atoms with Gasteiger partial charge < -0.3 is 14.6 Å². The normalized spacial score (nSPS) is 15.4. The highest BCUT2D eigenvalue weighted by molar-refractivity contribution is 5.96. The van der Waals surface area contributed by atoms with Gasteiger partial charge >= 0.3 is 0 Å². The molecule has 0 amide bonds. The van der Waals surface area contributed by atoms with Gasteiger partial charge in [-0.3, -0.25) is 0 Å². The second-order valence-corrected chi connectivity index (χ2v) is 5.90. The van der Waals surface area contributed by atoms with Crippen molar-refractivity contribution in [1.29, 1.82) is 0 Å². The molecular weight excluding hydrogens is 272 g/mol. The standard InChI is InChI=1S/C19H20N2O/c1-14-11-16-13-17(15-5-3-2-4-6-15)20-19(16)18(12-14)21-7-9-22-10-8-21/h2-6,11-13,20H,7-10H2,1H3. The summed E-state index contributed by atoms with van der Waals surface area (Å²) in [5.74, 6) is 0. The highest BCUT2D eigenvalue weighted by atomic mass is 16.5. The second-order valence-electron chi connectivity index (χ2n) is 5.90. The highest BCUT2D eigenvalue weighted by Crippen LogP contribution is 2.32. The van der Waals surface area contributed by atoms with E-state index in [4.69, 9.17) is 4.74 Å². The third kappa shape index (κ3) is 2.38. The first-order valence-electron chi connectivity index (χ1n) is 7.83. The zero-order valence-corrected chi connectivity index (χ0v) is 12.8. The van der Waals surface area contributed by atoms with E-state index in [1.54, 1.807) is 0 Å². The molecule has 3 nitrogen and oxygen atoms in total. The van der Waals surface area contributed by atoms with Crippen molar-refractivity contribution < 1.29 is 4.74 Å². The van der Waals surface area contributed by atoms with Gasteiger partial charge in [0.25, 0.3) is 0 Å². The topological polar surface area (TPSA) is 28.3 Å². The molecule has 0 spiro atoms. The lowest BCUT2D eigenvalue weighted by atomic mass is 10.1. The number of nitrogens with zero attached hydrogens (tertiary/aromatic N) is 1. The van der Waals surface area contributed by atoms with Crippen molar-refractivity contribution in [2.75, 3.05) is 31.2 Å². The Morgan fingerprint density at radius 1 is 1.00 bits per heavy atom. The Balaban J connectivity index is 1.84. The molecule has 3 heteroatoms. The van der Waals surface area contributed by atoms with Crippen LogP contribution in [0.25, 0.3) is 22.2 Å². The molecule has 1 aliphatic rings. The van der Waals surface area contributed by atoms with E-state index in [0.29, 0.717) is 0 Å². The third-order valence-electron chi connectivity index (χ3n) is 4.29. The van der Waals surface area contributed by atoms with Crippen molar-refractivity contribution >= 4 is 16.6 Å². The van der Waals surface area contributed by atoms with Gasteiger partial charge in [-0.1, -0.05) is 30.3 Å². The van der Waals surface area contributed by atoms with Gasteiger partial charge in [-0.05, 0) is 36.2 Å². The average molecular weight is 292 g/mol. The number of rotatable bonds is 2. The number of ether oxygens (including phenoxy) is 1. The Labute approximate surface area is 130 Å². The van der Waals surface area contributed by atoms with Gasteiger partial charge in [-0.25, -0.2) is 0 Å². The summed E-state index contributed by atoms with van der Waals surface area (Å²) in [6.45, 7) is 5.69. The minimum absolute atomic E-state index is 0.807. The first kappa shape index (κ1) is 13.4. The molecule has 112 valence electrons. The van der Waals surface area contributed by atoms with Crippen LogP contribution in [0.1, 0.15) is 5.56 Å². The van der Waals surface area contributed by atoms with Crippen molar-refractivity contribution in [3.8, 4) is 11.3 Å². The smallest absolute Gasteiger partial charge is 0.0696 e. The van der Waals surface area contributed by atoms with Crippen LogP contribution in [0.15, 0.2) is 48.5 Å². The number of hydrogen-bond donors (Lipinski definition) is 1. The lowest BCUT2D eigenvalue weighted by Crippen LogP contribution is -2.36. The number of morpholine rings is 1. The molecule has 1 aromatic heterocycles. The predicted octanol–water partition coefficient (Wildman–Crippen LogP) is 3.98. The summed E-state index contributed by atoms with van der Waals surface area (Å²) in [4.78, 5) is 6.04. The third-order valence-corrected chi connectivity index (χ3v) is 4.29. The summed E-state index contributed by atoms with van der Waals surface area (Å²) in [6, 6.07) is 17.3. The van der Waals surface area contributed by atoms with E-state index >= 15 is 0 Å². The number of nitrogens with one attached hydrogen (secondary N) is 1. The number of aryl methyl sites for hydroxylation is 1. The Morgan fingerprint density at radius 2 is 1.77 bits per heavy atom. The van der Waals surface area contributed by atoms with Crippen LogP contribution in [0.3, 0.4) is 0 Å². The van der Waals surface area contributed by atoms with Crippen molar-refractivity contribution in [3.05, 3.63) is 54.1 Å². The Morgan fingerprint density at radius 3 is 2.55 bits per heavy atom. The first-order chi connectivity index (χ1) is 10.8. The summed E-state index contributed by atoms with van der Waals surface area (Å²) >= 11 is 0. The lowest BCUT2D eigenvalue weighted by Gasteiger charge is -2.29. The van der Waals surface area contributed by atoms with Crippen LogP contribution in [0.4, 0.5) is 5.69 Å². The van der Waals surface area contributed by atoms with Gasteiger partial charge in [0.15, 0.2) is 0 Å². The number of fused-ring (bicyclic) bond motifs is 1. The minimum Gasteiger partial charge on any atom is -0.378 e. The van der Waals surface area contributed by atoms with E-state index in [2.05, 4.69) is 65.3 Å². The molecule has 2 aromatic carbocycles. The molecule has 0 bridgehead atoms. The number of H-pyrrole nitrogens is 1. The van der Waals surface area contributed by atoms with Crippen LogP contribution in [-0.2, 0) is 4.74 Å². The number of hydrogen-bond acceptors (Lipinski definition) is 2. The van der Waals surface area contributed by atoms with Crippen LogP contribution in [0, 0.1) is 6.92 Å². The maximum atomic E-state index is 5.49. The molecular formula is C19H20N2O. The van der Waals surface area contributed by atoms with Gasteiger partial charge in [0.1, 0.15) is 0 Å². The van der Waals surface area contributed by atoms with Crippen LogP contribution in [0.5, 0.6) is 0 Å². The van der Waals surface area contributed by atoms with E-state index in [1.165, 1.54) is 33.4 Å². The summed E-state index contributed by atoms with van der Waals surface area (Å²) in [7, 11) is 0. The summed E-state index contributed by atoms with van der Waals surface area (Å²) in [6.07, 6.45) is 0. The molecule has 2 heterocycles. The molecule has 1 fully saturated rings. The van der Waals surface area contributed by atoms with Crippen molar-refractivity contribution in [2.45, 2.75) is 6.92 Å². The maximum absolute atomic E-state index is 5.49. The molecule has 0 unspecified atom stereocenters. The average Bonchev–Trinajstić information content (AvgIpc) is 2.99. The molecule has 0 aliphatic carbocycles. The van der Waals surface area contributed by atoms with E-state index in [-0.39, 0.29) is 0 Å². The zero-order valence-electron chi connectivity index (χ0n) is 12.8.